The number of fused-ring (bicyclic) bond motifs is 2. The van der Waals surface area contributed by atoms with Crippen molar-refractivity contribution in [1.29, 1.82) is 0 Å². The van der Waals surface area contributed by atoms with Crippen LogP contribution < -0.4 is 4.74 Å². The Kier molecular flexibility index (Phi) is 3.26. The van der Waals surface area contributed by atoms with Gasteiger partial charge < -0.3 is 4.74 Å². The predicted molar refractivity (Wildman–Crippen MR) is 85.1 cm³/mol. The molecule has 1 aromatic heterocycles. The number of carbonyl (C=O) groups is 1. The van der Waals surface area contributed by atoms with E-state index in [-0.39, 0.29) is 5.78 Å². The maximum atomic E-state index is 12.7. The Labute approximate surface area is 129 Å². The molecule has 2 aliphatic carbocycles. The zero-order chi connectivity index (χ0) is 14.9. The zero-order valence-electron chi connectivity index (χ0n) is 12.3. The number of hydrogen-bond donors (Lipinski definition) is 0. The maximum absolute atomic E-state index is 12.7. The van der Waals surface area contributed by atoms with Crippen LogP contribution >= 0.6 is 0 Å². The largest absolute Gasteiger partial charge is 0.478 e. The molecule has 0 amide bonds. The Balaban J connectivity index is 1.65. The molecule has 3 nitrogen and oxygen atoms in total. The molecule has 0 saturated carbocycles. The van der Waals surface area contributed by atoms with Gasteiger partial charge in [0.15, 0.2) is 6.10 Å². The van der Waals surface area contributed by atoms with Crippen LogP contribution in [0.25, 0.3) is 6.08 Å². The van der Waals surface area contributed by atoms with Crippen LogP contribution in [0.1, 0.15) is 40.2 Å². The van der Waals surface area contributed by atoms with Crippen molar-refractivity contribution in [2.75, 3.05) is 0 Å². The molecular weight excluding hydrogens is 274 g/mol. The minimum Gasteiger partial charge on any atom is -0.478 e. The number of rotatable bonds is 2. The van der Waals surface area contributed by atoms with Crippen molar-refractivity contribution >= 4 is 11.9 Å². The van der Waals surface area contributed by atoms with Gasteiger partial charge in [0.2, 0.25) is 5.78 Å². The van der Waals surface area contributed by atoms with Gasteiger partial charge in [0, 0.05) is 11.3 Å². The molecule has 2 aromatic rings. The Bertz CT molecular complexity index is 750. The molecule has 1 atom stereocenters. The van der Waals surface area contributed by atoms with Crippen LogP contribution in [0.2, 0.25) is 0 Å². The summed E-state index contributed by atoms with van der Waals surface area (Å²) in [5.74, 6) is 0.710. The number of Topliss-reactive ketones (excluding diaryl/α,β-unsaturated/α-hetero) is 1. The molecule has 1 aromatic carbocycles. The molecule has 22 heavy (non-hydrogen) atoms. The molecule has 4 rings (SSSR count). The number of hydrogen-bond acceptors (Lipinski definition) is 3. The molecule has 0 saturated heterocycles. The minimum atomic E-state index is -0.557. The lowest BCUT2D eigenvalue weighted by Gasteiger charge is -2.22. The third kappa shape index (κ3) is 2.33. The molecule has 0 spiro atoms. The monoisotopic (exact) mass is 291 g/mol. The van der Waals surface area contributed by atoms with Gasteiger partial charge in [-0.2, -0.15) is 0 Å². The number of nitrogens with zero attached hydrogens (tertiary/aromatic N) is 1. The molecule has 0 N–H and O–H groups in total. The summed E-state index contributed by atoms with van der Waals surface area (Å²) >= 11 is 0. The fourth-order valence-electron chi connectivity index (χ4n) is 3.13. The smallest absolute Gasteiger partial charge is 0.209 e. The highest BCUT2D eigenvalue weighted by Gasteiger charge is 2.27. The van der Waals surface area contributed by atoms with Crippen LogP contribution in [0.15, 0.2) is 42.5 Å². The standard InChI is InChI=1S/C19H17NO2/c21-19-15-12-13-6-4-5-9-16(13)20-17(15)10-11-18(19)22-14-7-2-1-3-8-14/h1-3,7-8,10-12,18H,4-6,9H2. The van der Waals surface area contributed by atoms with E-state index in [9.17, 15) is 4.79 Å². The molecule has 1 unspecified atom stereocenters. The average molecular weight is 291 g/mol. The first kappa shape index (κ1) is 13.3. The van der Waals surface area contributed by atoms with Gasteiger partial charge in [0.1, 0.15) is 5.75 Å². The number of ether oxygens (including phenoxy) is 1. The summed E-state index contributed by atoms with van der Waals surface area (Å²) in [5.41, 5.74) is 3.87. The molecule has 2 aliphatic rings. The normalized spacial score (nSPS) is 19.5. The van der Waals surface area contributed by atoms with Gasteiger partial charge in [0.05, 0.1) is 5.69 Å². The van der Waals surface area contributed by atoms with E-state index in [4.69, 9.17) is 4.74 Å². The maximum Gasteiger partial charge on any atom is 0.209 e. The van der Waals surface area contributed by atoms with E-state index in [1.54, 1.807) is 6.08 Å². The lowest BCUT2D eigenvalue weighted by Crippen LogP contribution is -2.29. The second-order valence-electron chi connectivity index (χ2n) is 5.81. The fourth-order valence-corrected chi connectivity index (χ4v) is 3.13. The van der Waals surface area contributed by atoms with Crippen molar-refractivity contribution in [2.24, 2.45) is 0 Å². The van der Waals surface area contributed by atoms with Crippen molar-refractivity contribution in [2.45, 2.75) is 31.8 Å². The highest BCUT2D eigenvalue weighted by Crippen LogP contribution is 2.27. The van der Waals surface area contributed by atoms with Gasteiger partial charge in [-0.25, -0.2) is 0 Å². The van der Waals surface area contributed by atoms with Gasteiger partial charge >= 0.3 is 0 Å². The van der Waals surface area contributed by atoms with Gasteiger partial charge in [-0.1, -0.05) is 18.2 Å². The second kappa shape index (κ2) is 5.41. The van der Waals surface area contributed by atoms with Crippen LogP contribution in [0, 0.1) is 0 Å². The molecule has 110 valence electrons. The summed E-state index contributed by atoms with van der Waals surface area (Å²) in [4.78, 5) is 17.4. The van der Waals surface area contributed by atoms with Gasteiger partial charge in [-0.15, -0.1) is 0 Å². The Hall–Kier alpha value is -2.42. The number of carbonyl (C=O) groups excluding carboxylic acids is 1. The van der Waals surface area contributed by atoms with Crippen molar-refractivity contribution < 1.29 is 9.53 Å². The number of pyridine rings is 1. The number of aromatic nitrogens is 1. The van der Waals surface area contributed by atoms with E-state index < -0.39 is 6.10 Å². The average Bonchev–Trinajstić information content (AvgIpc) is 2.57. The van der Waals surface area contributed by atoms with Crippen molar-refractivity contribution in [3.63, 3.8) is 0 Å². The lowest BCUT2D eigenvalue weighted by atomic mass is 9.90. The number of para-hydroxylation sites is 1. The first-order valence-electron chi connectivity index (χ1n) is 7.78. The Morgan fingerprint density at radius 3 is 2.77 bits per heavy atom. The molecular formula is C19H17NO2. The Morgan fingerprint density at radius 2 is 1.91 bits per heavy atom. The highest BCUT2D eigenvalue weighted by molar-refractivity contribution is 6.05. The third-order valence-electron chi connectivity index (χ3n) is 4.29. The van der Waals surface area contributed by atoms with Crippen molar-refractivity contribution in [1.82, 2.24) is 4.98 Å². The quantitative estimate of drug-likeness (QED) is 0.848. The first-order valence-corrected chi connectivity index (χ1v) is 7.78. The fraction of sp³-hybridized carbons (Fsp3) is 0.263. The van der Waals surface area contributed by atoms with E-state index in [1.807, 2.05) is 42.5 Å². The summed E-state index contributed by atoms with van der Waals surface area (Å²) in [5, 5.41) is 0. The highest BCUT2D eigenvalue weighted by atomic mass is 16.5. The zero-order valence-corrected chi connectivity index (χ0v) is 12.3. The van der Waals surface area contributed by atoms with Crippen LogP contribution in [0.4, 0.5) is 0 Å². The van der Waals surface area contributed by atoms with Crippen LogP contribution in [0.3, 0.4) is 0 Å². The molecule has 1 heterocycles. The number of aryl methyl sites for hydroxylation is 2. The van der Waals surface area contributed by atoms with E-state index in [0.717, 1.165) is 24.2 Å². The molecule has 0 fully saturated rings. The van der Waals surface area contributed by atoms with Crippen LogP contribution in [0.5, 0.6) is 5.75 Å². The summed E-state index contributed by atoms with van der Waals surface area (Å²) in [7, 11) is 0. The van der Waals surface area contributed by atoms with Crippen LogP contribution in [-0.4, -0.2) is 16.9 Å². The predicted octanol–water partition coefficient (Wildman–Crippen LogP) is 3.62. The molecule has 0 radical (unpaired) electrons. The summed E-state index contributed by atoms with van der Waals surface area (Å²) in [6.07, 6.45) is 7.58. The van der Waals surface area contributed by atoms with E-state index in [0.29, 0.717) is 11.3 Å². The number of benzene rings is 1. The molecule has 3 heteroatoms. The van der Waals surface area contributed by atoms with E-state index in [2.05, 4.69) is 4.98 Å². The summed E-state index contributed by atoms with van der Waals surface area (Å²) in [6.45, 7) is 0. The van der Waals surface area contributed by atoms with Crippen LogP contribution in [-0.2, 0) is 12.8 Å². The van der Waals surface area contributed by atoms with Crippen molar-refractivity contribution in [3.05, 3.63) is 65.0 Å². The summed E-state index contributed by atoms with van der Waals surface area (Å²) in [6, 6.07) is 11.5. The molecule has 0 bridgehead atoms. The topological polar surface area (TPSA) is 39.2 Å². The first-order chi connectivity index (χ1) is 10.8. The van der Waals surface area contributed by atoms with Gasteiger partial charge in [-0.3, -0.25) is 9.78 Å². The SMILES string of the molecule is O=C1c2cc3c(nc2C=CC1Oc1ccccc1)CCCC3. The van der Waals surface area contributed by atoms with Gasteiger partial charge in [-0.05, 0) is 61.6 Å². The number of ketones is 1. The second-order valence-corrected chi connectivity index (χ2v) is 5.81. The molecule has 0 aliphatic heterocycles. The van der Waals surface area contributed by atoms with Gasteiger partial charge in [0.25, 0.3) is 0 Å². The Morgan fingerprint density at radius 1 is 1.09 bits per heavy atom. The lowest BCUT2D eigenvalue weighted by molar-refractivity contribution is 0.0849. The van der Waals surface area contributed by atoms with Crippen molar-refractivity contribution in [3.8, 4) is 5.75 Å². The van der Waals surface area contributed by atoms with E-state index >= 15 is 0 Å². The van der Waals surface area contributed by atoms with E-state index in [1.165, 1.54) is 18.4 Å². The third-order valence-corrected chi connectivity index (χ3v) is 4.29. The minimum absolute atomic E-state index is 0.00206. The summed E-state index contributed by atoms with van der Waals surface area (Å²) < 4.78 is 5.80.